The zero-order valence-corrected chi connectivity index (χ0v) is 12.4. The molecule has 1 heterocycles. The van der Waals surface area contributed by atoms with E-state index in [2.05, 4.69) is 0 Å². The van der Waals surface area contributed by atoms with Crippen molar-refractivity contribution in [1.82, 2.24) is 4.31 Å². The molecule has 7 heteroatoms. The Morgan fingerprint density at radius 1 is 1.14 bits per heavy atom. The number of nitrogens with two attached hydrogens (primary N) is 1. The Kier molecular flexibility index (Phi) is 3.15. The number of benzene rings is 2. The summed E-state index contributed by atoms with van der Waals surface area (Å²) >= 11 is 5.81. The Labute approximate surface area is 127 Å². The first kappa shape index (κ1) is 13.9. The Morgan fingerprint density at radius 2 is 1.86 bits per heavy atom. The fraction of sp³-hybridized carbons (Fsp3) is 0.0714. The van der Waals surface area contributed by atoms with Crippen LogP contribution in [-0.2, 0) is 16.6 Å². The first-order valence-corrected chi connectivity index (χ1v) is 7.93. The van der Waals surface area contributed by atoms with E-state index in [4.69, 9.17) is 17.3 Å². The number of sulfonamides is 1. The van der Waals surface area contributed by atoms with Crippen molar-refractivity contribution in [2.75, 3.05) is 5.73 Å². The van der Waals surface area contributed by atoms with Crippen molar-refractivity contribution in [2.45, 2.75) is 11.4 Å². The maximum atomic E-state index is 12.4. The zero-order valence-electron chi connectivity index (χ0n) is 10.8. The van der Waals surface area contributed by atoms with E-state index in [0.717, 1.165) is 4.31 Å². The van der Waals surface area contributed by atoms with Crippen LogP contribution < -0.4 is 5.73 Å². The summed E-state index contributed by atoms with van der Waals surface area (Å²) in [6.07, 6.45) is 0. The molecule has 0 atom stereocenters. The van der Waals surface area contributed by atoms with Gasteiger partial charge in [0.25, 0.3) is 15.9 Å². The van der Waals surface area contributed by atoms with Gasteiger partial charge in [-0.15, -0.1) is 0 Å². The van der Waals surface area contributed by atoms with Gasteiger partial charge in [0, 0.05) is 10.7 Å². The fourth-order valence-electron chi connectivity index (χ4n) is 2.25. The monoisotopic (exact) mass is 322 g/mol. The largest absolute Gasteiger partial charge is 0.398 e. The summed E-state index contributed by atoms with van der Waals surface area (Å²) in [6.45, 7) is -0.112. The summed E-state index contributed by atoms with van der Waals surface area (Å²) in [5, 5.41) is 0.454. The van der Waals surface area contributed by atoms with Crippen LogP contribution in [0.5, 0.6) is 0 Å². The lowest BCUT2D eigenvalue weighted by Gasteiger charge is -2.16. The Bertz CT molecular complexity index is 849. The molecule has 2 aromatic carbocycles. The van der Waals surface area contributed by atoms with E-state index in [1.807, 2.05) is 0 Å². The lowest BCUT2D eigenvalue weighted by molar-refractivity contribution is 0.0865. The van der Waals surface area contributed by atoms with E-state index < -0.39 is 15.9 Å². The molecule has 1 aliphatic rings. The molecule has 3 rings (SSSR count). The third-order valence-corrected chi connectivity index (χ3v) is 5.36. The maximum absolute atomic E-state index is 12.4. The molecule has 0 radical (unpaired) electrons. The minimum Gasteiger partial charge on any atom is -0.398 e. The van der Waals surface area contributed by atoms with E-state index in [0.29, 0.717) is 16.3 Å². The highest BCUT2D eigenvalue weighted by molar-refractivity contribution is 7.90. The average Bonchev–Trinajstić information content (AvgIpc) is 2.63. The molecule has 2 N–H and O–H groups in total. The maximum Gasteiger partial charge on any atom is 0.269 e. The topological polar surface area (TPSA) is 80.5 Å². The number of anilines is 1. The van der Waals surface area contributed by atoms with Gasteiger partial charge in [-0.25, -0.2) is 12.7 Å². The van der Waals surface area contributed by atoms with Crippen LogP contribution in [0.2, 0.25) is 5.02 Å². The first-order chi connectivity index (χ1) is 9.91. The van der Waals surface area contributed by atoms with Gasteiger partial charge in [0.1, 0.15) is 4.90 Å². The molecule has 108 valence electrons. The van der Waals surface area contributed by atoms with Crippen LogP contribution >= 0.6 is 11.6 Å². The predicted octanol–water partition coefficient (Wildman–Crippen LogP) is 2.27. The molecule has 2 aromatic rings. The quantitative estimate of drug-likeness (QED) is 0.860. The summed E-state index contributed by atoms with van der Waals surface area (Å²) < 4.78 is 25.7. The average molecular weight is 323 g/mol. The highest BCUT2D eigenvalue weighted by atomic mass is 35.5. The molecule has 0 bridgehead atoms. The van der Waals surface area contributed by atoms with E-state index in [9.17, 15) is 13.2 Å². The van der Waals surface area contributed by atoms with Gasteiger partial charge in [0.05, 0.1) is 12.1 Å². The van der Waals surface area contributed by atoms with Gasteiger partial charge in [-0.1, -0.05) is 29.8 Å². The number of hydrogen-bond acceptors (Lipinski definition) is 4. The molecule has 0 saturated carbocycles. The number of carbonyl (C=O) groups excluding carboxylic acids is 1. The van der Waals surface area contributed by atoms with Gasteiger partial charge in [0.2, 0.25) is 0 Å². The minimum atomic E-state index is -3.83. The molecule has 0 aromatic heterocycles. The van der Waals surface area contributed by atoms with Crippen LogP contribution in [0, 0.1) is 0 Å². The molecule has 5 nitrogen and oxygen atoms in total. The smallest absolute Gasteiger partial charge is 0.269 e. The molecule has 0 fully saturated rings. The number of rotatable bonds is 2. The van der Waals surface area contributed by atoms with E-state index in [1.165, 1.54) is 18.2 Å². The van der Waals surface area contributed by atoms with Crippen molar-refractivity contribution in [1.29, 1.82) is 0 Å². The molecular formula is C14H11ClN2O3S. The lowest BCUT2D eigenvalue weighted by atomic mass is 10.1. The number of nitrogen functional groups attached to an aromatic ring is 1. The van der Waals surface area contributed by atoms with Gasteiger partial charge in [-0.3, -0.25) is 4.79 Å². The number of halogens is 1. The molecule has 0 spiro atoms. The molecule has 0 unspecified atom stereocenters. The molecular weight excluding hydrogens is 312 g/mol. The highest BCUT2D eigenvalue weighted by Crippen LogP contribution is 2.32. The van der Waals surface area contributed by atoms with E-state index in [-0.39, 0.29) is 17.0 Å². The van der Waals surface area contributed by atoms with Crippen molar-refractivity contribution in [3.05, 3.63) is 58.6 Å². The second-order valence-electron chi connectivity index (χ2n) is 4.66. The fourth-order valence-corrected chi connectivity index (χ4v) is 3.98. The van der Waals surface area contributed by atoms with E-state index >= 15 is 0 Å². The van der Waals surface area contributed by atoms with Gasteiger partial charge < -0.3 is 5.73 Å². The van der Waals surface area contributed by atoms with Crippen molar-refractivity contribution in [2.24, 2.45) is 0 Å². The van der Waals surface area contributed by atoms with Gasteiger partial charge >= 0.3 is 0 Å². The summed E-state index contributed by atoms with van der Waals surface area (Å²) in [4.78, 5) is 12.3. The van der Waals surface area contributed by atoms with Gasteiger partial charge in [-0.2, -0.15) is 0 Å². The summed E-state index contributed by atoms with van der Waals surface area (Å²) in [5.41, 5.74) is 6.89. The normalized spacial score (nSPS) is 16.0. The summed E-state index contributed by atoms with van der Waals surface area (Å²) in [7, 11) is -3.83. The minimum absolute atomic E-state index is 0.0301. The van der Waals surface area contributed by atoms with Crippen LogP contribution in [0.4, 0.5) is 5.69 Å². The van der Waals surface area contributed by atoms with Crippen LogP contribution in [0.15, 0.2) is 47.4 Å². The van der Waals surface area contributed by atoms with Gasteiger partial charge in [-0.05, 0) is 29.8 Å². The second-order valence-corrected chi connectivity index (χ2v) is 6.92. The molecule has 0 aliphatic carbocycles. The number of fused-ring (bicyclic) bond motifs is 1. The third kappa shape index (κ3) is 2.16. The van der Waals surface area contributed by atoms with Crippen molar-refractivity contribution in [3.63, 3.8) is 0 Å². The molecule has 1 amide bonds. The molecule has 21 heavy (non-hydrogen) atoms. The highest BCUT2D eigenvalue weighted by Gasteiger charge is 2.40. The SMILES string of the molecule is Nc1cc(Cl)ccc1CN1C(=O)c2ccccc2S1(=O)=O. The Hall–Kier alpha value is -2.05. The standard InChI is InChI=1S/C14H11ClN2O3S/c15-10-6-5-9(12(16)7-10)8-17-14(18)11-3-1-2-4-13(11)21(17,19)20/h1-7H,8,16H2. The van der Waals surface area contributed by atoms with Crippen LogP contribution in [0.3, 0.4) is 0 Å². The van der Waals surface area contributed by atoms with Crippen LogP contribution in [0.1, 0.15) is 15.9 Å². The summed E-state index contributed by atoms with van der Waals surface area (Å²) in [6, 6.07) is 10.9. The second kappa shape index (κ2) is 4.75. The van der Waals surface area contributed by atoms with Crippen LogP contribution in [0.25, 0.3) is 0 Å². The first-order valence-electron chi connectivity index (χ1n) is 6.11. The van der Waals surface area contributed by atoms with E-state index in [1.54, 1.807) is 24.3 Å². The Balaban J connectivity index is 2.03. The Morgan fingerprint density at radius 3 is 2.52 bits per heavy atom. The number of nitrogens with zero attached hydrogens (tertiary/aromatic N) is 1. The number of amides is 1. The molecule has 1 aliphatic heterocycles. The number of carbonyl (C=O) groups is 1. The van der Waals surface area contributed by atoms with Gasteiger partial charge in [0.15, 0.2) is 0 Å². The number of hydrogen-bond donors (Lipinski definition) is 1. The molecule has 0 saturated heterocycles. The van der Waals surface area contributed by atoms with Crippen LogP contribution in [-0.4, -0.2) is 18.6 Å². The van der Waals surface area contributed by atoms with Crippen molar-refractivity contribution in [3.8, 4) is 0 Å². The van der Waals surface area contributed by atoms with Crippen molar-refractivity contribution < 1.29 is 13.2 Å². The zero-order chi connectivity index (χ0) is 15.2. The van der Waals surface area contributed by atoms with Crippen molar-refractivity contribution >= 4 is 33.2 Å². The third-order valence-electron chi connectivity index (χ3n) is 3.33. The lowest BCUT2D eigenvalue weighted by Crippen LogP contribution is -2.29. The summed E-state index contributed by atoms with van der Waals surface area (Å²) in [5.74, 6) is -0.542. The predicted molar refractivity (Wildman–Crippen MR) is 79.4 cm³/mol.